The highest BCUT2D eigenvalue weighted by atomic mass is 35.5. The summed E-state index contributed by atoms with van der Waals surface area (Å²) < 4.78 is 1.15. The van der Waals surface area contributed by atoms with Crippen molar-refractivity contribution >= 4 is 34.2 Å². The van der Waals surface area contributed by atoms with Crippen molar-refractivity contribution in [3.05, 3.63) is 63.0 Å². The monoisotopic (exact) mass is 315 g/mol. The van der Waals surface area contributed by atoms with Crippen LogP contribution in [0.15, 0.2) is 41.2 Å². The van der Waals surface area contributed by atoms with E-state index in [1.807, 2.05) is 6.92 Å². The number of nitrogens with zero attached hydrogens (tertiary/aromatic N) is 1. The van der Waals surface area contributed by atoms with Gasteiger partial charge in [0.15, 0.2) is 0 Å². The standard InChI is InChI=1S/C16H14ClN3O2/c1-9-6-14-13(8-12(9)18)19-16(22)20(14)15(21)7-10-2-4-11(17)5-3-10/h2-6,8H,7,18H2,1H3,(H,19,22). The van der Waals surface area contributed by atoms with Gasteiger partial charge in [-0.05, 0) is 42.3 Å². The van der Waals surface area contributed by atoms with E-state index in [1.54, 1.807) is 36.4 Å². The molecule has 22 heavy (non-hydrogen) atoms. The molecule has 1 aromatic heterocycles. The van der Waals surface area contributed by atoms with E-state index in [1.165, 1.54) is 0 Å². The smallest absolute Gasteiger partial charge is 0.333 e. The number of carbonyl (C=O) groups is 1. The van der Waals surface area contributed by atoms with Gasteiger partial charge in [-0.1, -0.05) is 23.7 Å². The summed E-state index contributed by atoms with van der Waals surface area (Å²) >= 11 is 5.83. The molecule has 0 aliphatic heterocycles. The van der Waals surface area contributed by atoms with Crippen LogP contribution >= 0.6 is 11.6 Å². The highest BCUT2D eigenvalue weighted by molar-refractivity contribution is 6.30. The third-order valence-corrected chi connectivity index (χ3v) is 3.84. The van der Waals surface area contributed by atoms with Gasteiger partial charge in [-0.15, -0.1) is 0 Å². The van der Waals surface area contributed by atoms with E-state index in [0.717, 1.165) is 15.7 Å². The number of rotatable bonds is 2. The third-order valence-electron chi connectivity index (χ3n) is 3.59. The molecule has 0 atom stereocenters. The molecule has 1 heterocycles. The summed E-state index contributed by atoms with van der Waals surface area (Å²) in [7, 11) is 0. The first-order chi connectivity index (χ1) is 10.5. The van der Waals surface area contributed by atoms with Crippen LogP contribution < -0.4 is 11.4 Å². The number of hydrogen-bond donors (Lipinski definition) is 2. The number of nitrogen functional groups attached to an aromatic ring is 1. The number of anilines is 1. The molecule has 0 unspecified atom stereocenters. The first-order valence-corrected chi connectivity index (χ1v) is 7.12. The molecule has 0 amide bonds. The summed E-state index contributed by atoms with van der Waals surface area (Å²) in [5.41, 5.74) is 8.65. The summed E-state index contributed by atoms with van der Waals surface area (Å²) in [6.45, 7) is 1.83. The number of halogens is 1. The second kappa shape index (κ2) is 5.35. The van der Waals surface area contributed by atoms with Crippen molar-refractivity contribution in [2.75, 3.05) is 5.73 Å². The summed E-state index contributed by atoms with van der Waals surface area (Å²) in [5.74, 6) is -0.303. The van der Waals surface area contributed by atoms with E-state index >= 15 is 0 Å². The van der Waals surface area contributed by atoms with Crippen LogP contribution in [0.5, 0.6) is 0 Å². The number of hydrogen-bond acceptors (Lipinski definition) is 3. The zero-order chi connectivity index (χ0) is 15.9. The summed E-state index contributed by atoms with van der Waals surface area (Å²) in [6.07, 6.45) is 0.119. The largest absolute Gasteiger partial charge is 0.398 e. The van der Waals surface area contributed by atoms with Gasteiger partial charge < -0.3 is 10.7 Å². The zero-order valence-corrected chi connectivity index (χ0v) is 12.6. The van der Waals surface area contributed by atoms with E-state index in [4.69, 9.17) is 17.3 Å². The summed E-state index contributed by atoms with van der Waals surface area (Å²) in [6, 6.07) is 10.4. The Morgan fingerprint density at radius 3 is 2.64 bits per heavy atom. The van der Waals surface area contributed by atoms with Crippen molar-refractivity contribution in [1.82, 2.24) is 9.55 Å². The number of imidazole rings is 1. The van der Waals surface area contributed by atoms with Gasteiger partial charge in [0.2, 0.25) is 5.91 Å². The number of carbonyl (C=O) groups excluding carboxylic acids is 1. The summed E-state index contributed by atoms with van der Waals surface area (Å²) in [4.78, 5) is 27.2. The van der Waals surface area contributed by atoms with Gasteiger partial charge in [-0.2, -0.15) is 0 Å². The topological polar surface area (TPSA) is 80.9 Å². The predicted octanol–water partition coefficient (Wildman–Crippen LogP) is 2.76. The fraction of sp³-hybridized carbons (Fsp3) is 0.125. The van der Waals surface area contributed by atoms with Crippen LogP contribution in [0.3, 0.4) is 0 Å². The number of aromatic nitrogens is 2. The van der Waals surface area contributed by atoms with Gasteiger partial charge in [0.05, 0.1) is 17.5 Å². The molecule has 3 aromatic rings. The predicted molar refractivity (Wildman–Crippen MR) is 87.5 cm³/mol. The molecular weight excluding hydrogens is 302 g/mol. The van der Waals surface area contributed by atoms with Gasteiger partial charge in [0.1, 0.15) is 0 Å². The van der Waals surface area contributed by atoms with E-state index in [9.17, 15) is 9.59 Å². The van der Waals surface area contributed by atoms with Crippen molar-refractivity contribution in [2.45, 2.75) is 13.3 Å². The molecule has 112 valence electrons. The molecule has 6 heteroatoms. The maximum atomic E-state index is 12.5. The van der Waals surface area contributed by atoms with Crippen LogP contribution in [0.25, 0.3) is 11.0 Å². The molecule has 5 nitrogen and oxygen atoms in total. The number of H-pyrrole nitrogens is 1. The second-order valence-electron chi connectivity index (χ2n) is 5.19. The highest BCUT2D eigenvalue weighted by Gasteiger charge is 2.15. The minimum absolute atomic E-state index is 0.119. The Labute approximate surface area is 131 Å². The minimum atomic E-state index is -0.459. The Balaban J connectivity index is 2.03. The number of fused-ring (bicyclic) bond motifs is 1. The van der Waals surface area contributed by atoms with Crippen molar-refractivity contribution < 1.29 is 4.79 Å². The van der Waals surface area contributed by atoms with Crippen LogP contribution in [0.1, 0.15) is 15.9 Å². The van der Waals surface area contributed by atoms with E-state index in [-0.39, 0.29) is 12.3 Å². The molecule has 0 fully saturated rings. The van der Waals surface area contributed by atoms with Crippen LogP contribution in [0, 0.1) is 6.92 Å². The first-order valence-electron chi connectivity index (χ1n) is 6.74. The van der Waals surface area contributed by atoms with Crippen LogP contribution in [-0.2, 0) is 6.42 Å². The van der Waals surface area contributed by atoms with Crippen LogP contribution in [-0.4, -0.2) is 15.5 Å². The Hall–Kier alpha value is -2.53. The lowest BCUT2D eigenvalue weighted by Gasteiger charge is -2.05. The van der Waals surface area contributed by atoms with Gasteiger partial charge in [0.25, 0.3) is 0 Å². The van der Waals surface area contributed by atoms with E-state index in [0.29, 0.717) is 21.7 Å². The Morgan fingerprint density at radius 2 is 1.95 bits per heavy atom. The average molecular weight is 316 g/mol. The van der Waals surface area contributed by atoms with Gasteiger partial charge in [-0.3, -0.25) is 4.79 Å². The van der Waals surface area contributed by atoms with Gasteiger partial charge >= 0.3 is 5.69 Å². The maximum Gasteiger partial charge on any atom is 0.333 e. The first kappa shape index (κ1) is 14.4. The lowest BCUT2D eigenvalue weighted by molar-refractivity contribution is 0.0915. The molecule has 0 aliphatic rings. The molecule has 0 radical (unpaired) electrons. The molecule has 3 rings (SSSR count). The quantitative estimate of drug-likeness (QED) is 0.713. The lowest BCUT2D eigenvalue weighted by atomic mass is 10.1. The number of nitrogens with two attached hydrogens (primary N) is 1. The van der Waals surface area contributed by atoms with E-state index < -0.39 is 5.69 Å². The van der Waals surface area contributed by atoms with Crippen molar-refractivity contribution in [1.29, 1.82) is 0 Å². The zero-order valence-electron chi connectivity index (χ0n) is 11.9. The maximum absolute atomic E-state index is 12.5. The van der Waals surface area contributed by atoms with Gasteiger partial charge in [0, 0.05) is 10.7 Å². The van der Waals surface area contributed by atoms with Crippen LogP contribution in [0.2, 0.25) is 5.02 Å². The highest BCUT2D eigenvalue weighted by Crippen LogP contribution is 2.19. The lowest BCUT2D eigenvalue weighted by Crippen LogP contribution is -2.25. The Bertz CT molecular complexity index is 923. The Kier molecular flexibility index (Phi) is 3.50. The molecule has 0 spiro atoms. The number of aryl methyl sites for hydroxylation is 1. The molecule has 0 aliphatic carbocycles. The second-order valence-corrected chi connectivity index (χ2v) is 5.62. The average Bonchev–Trinajstić information content (AvgIpc) is 2.77. The van der Waals surface area contributed by atoms with Crippen molar-refractivity contribution in [3.8, 4) is 0 Å². The minimum Gasteiger partial charge on any atom is -0.398 e. The molecular formula is C16H14ClN3O2. The van der Waals surface area contributed by atoms with Crippen molar-refractivity contribution in [2.24, 2.45) is 0 Å². The van der Waals surface area contributed by atoms with Gasteiger partial charge in [-0.25, -0.2) is 9.36 Å². The SMILES string of the molecule is Cc1cc2c(cc1N)[nH]c(=O)n2C(=O)Cc1ccc(Cl)cc1. The fourth-order valence-corrected chi connectivity index (χ4v) is 2.50. The Morgan fingerprint density at radius 1 is 1.27 bits per heavy atom. The van der Waals surface area contributed by atoms with E-state index in [2.05, 4.69) is 4.98 Å². The number of aromatic amines is 1. The van der Waals surface area contributed by atoms with Crippen LogP contribution in [0.4, 0.5) is 5.69 Å². The van der Waals surface area contributed by atoms with Crippen molar-refractivity contribution in [3.63, 3.8) is 0 Å². The number of benzene rings is 2. The third kappa shape index (κ3) is 2.51. The molecule has 0 saturated carbocycles. The number of nitrogens with one attached hydrogen (secondary N) is 1. The molecule has 3 N–H and O–H groups in total. The normalized spacial score (nSPS) is 11.0. The fourth-order valence-electron chi connectivity index (χ4n) is 2.38. The summed E-state index contributed by atoms with van der Waals surface area (Å²) in [5, 5.41) is 0.603. The molecule has 0 saturated heterocycles. The molecule has 2 aromatic carbocycles. The molecule has 0 bridgehead atoms.